The van der Waals surface area contributed by atoms with E-state index in [4.69, 9.17) is 14.2 Å². The molecule has 278 valence electrons. The van der Waals surface area contributed by atoms with Gasteiger partial charge in [-0.2, -0.15) is 4.98 Å². The Balaban J connectivity index is 1.22. The fraction of sp³-hybridized carbons (Fsp3) is 0.270. The number of carbonyl (C=O) groups excluding carboxylic acids is 1. The first kappa shape index (κ1) is 37.5. The minimum absolute atomic E-state index is 0.0257. The minimum atomic E-state index is -3.47. The number of carbonyl (C=O) groups is 1. The van der Waals surface area contributed by atoms with Crippen LogP contribution in [0.25, 0.3) is 10.8 Å². The average Bonchev–Trinajstić information content (AvgIpc) is 3.98. The summed E-state index contributed by atoms with van der Waals surface area (Å²) in [5, 5.41) is 9.84. The number of fused-ring (bicyclic) bond motifs is 1. The standard InChI is InChI=1S/C37H40N6O8S2/c1-37(2,3)23-16-22(21-39-52(45)46)34(50-5)31(17-23)42-36(44)41-30-12-13-32(29-9-7-6-8-28(29)30)51-33-14-15-38-35(43-33)40-24-18-25(49-4)20-27(19-24)53(47,48)26-10-11-26/h6-9,12-20,26,39H,10-11,21H2,1-5H3,(H,45,46)(H,38,40,43)(H2,41,42,44)/p-1. The molecule has 0 bridgehead atoms. The summed E-state index contributed by atoms with van der Waals surface area (Å²) in [5.74, 6) is 1.56. The Kier molecular flexibility index (Phi) is 10.9. The number of ether oxygens (including phenoxy) is 3. The van der Waals surface area contributed by atoms with Gasteiger partial charge in [0.25, 0.3) is 0 Å². The van der Waals surface area contributed by atoms with Gasteiger partial charge in [-0.1, -0.05) is 51.1 Å². The van der Waals surface area contributed by atoms with Gasteiger partial charge in [-0.05, 0) is 54.2 Å². The lowest BCUT2D eigenvalue weighted by atomic mass is 9.85. The second-order valence-electron chi connectivity index (χ2n) is 13.3. The highest BCUT2D eigenvalue weighted by molar-refractivity contribution is 7.92. The van der Waals surface area contributed by atoms with Gasteiger partial charge in [0.05, 0.1) is 35.7 Å². The van der Waals surface area contributed by atoms with Gasteiger partial charge < -0.3 is 34.7 Å². The Morgan fingerprint density at radius 2 is 1.68 bits per heavy atom. The van der Waals surface area contributed by atoms with E-state index in [0.29, 0.717) is 63.5 Å². The number of amides is 2. The number of aromatic nitrogens is 2. The Morgan fingerprint density at radius 1 is 0.943 bits per heavy atom. The summed E-state index contributed by atoms with van der Waals surface area (Å²) in [6.07, 6.45) is 2.79. The maximum Gasteiger partial charge on any atom is 0.323 e. The predicted octanol–water partition coefficient (Wildman–Crippen LogP) is 6.94. The van der Waals surface area contributed by atoms with Gasteiger partial charge in [0.1, 0.15) is 17.2 Å². The van der Waals surface area contributed by atoms with Gasteiger partial charge in [0.2, 0.25) is 11.8 Å². The molecule has 1 saturated carbocycles. The first-order valence-electron chi connectivity index (χ1n) is 16.6. The number of sulfone groups is 1. The first-order chi connectivity index (χ1) is 25.2. The zero-order valence-electron chi connectivity index (χ0n) is 29.7. The van der Waals surface area contributed by atoms with Crippen molar-refractivity contribution in [3.8, 4) is 23.1 Å². The molecule has 0 radical (unpaired) electrons. The third kappa shape index (κ3) is 8.85. The van der Waals surface area contributed by atoms with Crippen LogP contribution in [0.1, 0.15) is 44.7 Å². The minimum Gasteiger partial charge on any atom is -0.760 e. The molecule has 0 saturated heterocycles. The van der Waals surface area contributed by atoms with Gasteiger partial charge in [0.15, 0.2) is 9.84 Å². The summed E-state index contributed by atoms with van der Waals surface area (Å²) in [7, 11) is -0.549. The monoisotopic (exact) mass is 759 g/mol. The highest BCUT2D eigenvalue weighted by Crippen LogP contribution is 2.38. The second kappa shape index (κ2) is 15.4. The lowest BCUT2D eigenvalue weighted by molar-refractivity contribution is 0.262. The van der Waals surface area contributed by atoms with Crippen LogP contribution < -0.4 is 34.9 Å². The molecule has 1 aliphatic carbocycles. The lowest BCUT2D eigenvalue weighted by Gasteiger charge is -2.24. The van der Waals surface area contributed by atoms with Crippen LogP contribution in [0.2, 0.25) is 0 Å². The maximum absolute atomic E-state index is 13.5. The molecule has 5 aromatic rings. The molecule has 1 heterocycles. The zero-order valence-corrected chi connectivity index (χ0v) is 31.3. The molecule has 2 amide bonds. The van der Waals surface area contributed by atoms with Crippen molar-refractivity contribution in [2.45, 2.75) is 55.7 Å². The Morgan fingerprint density at radius 3 is 2.36 bits per heavy atom. The van der Waals surface area contributed by atoms with Crippen LogP contribution in [-0.2, 0) is 33.1 Å². The summed E-state index contributed by atoms with van der Waals surface area (Å²) in [4.78, 5) is 22.4. The molecule has 14 nitrogen and oxygen atoms in total. The fourth-order valence-corrected chi connectivity index (χ4v) is 7.65. The van der Waals surface area contributed by atoms with E-state index in [2.05, 4.69) is 30.6 Å². The molecule has 1 aliphatic rings. The Hall–Kier alpha value is -5.29. The van der Waals surface area contributed by atoms with Crippen molar-refractivity contribution in [1.29, 1.82) is 0 Å². The van der Waals surface area contributed by atoms with E-state index in [1.165, 1.54) is 32.5 Å². The van der Waals surface area contributed by atoms with E-state index >= 15 is 0 Å². The molecule has 0 aliphatic heterocycles. The van der Waals surface area contributed by atoms with Gasteiger partial charge >= 0.3 is 6.03 Å². The van der Waals surface area contributed by atoms with Crippen LogP contribution in [0.3, 0.4) is 0 Å². The molecule has 1 unspecified atom stereocenters. The topological polar surface area (TPSA) is 193 Å². The van der Waals surface area contributed by atoms with Gasteiger partial charge in [-0.25, -0.2) is 22.9 Å². The molecular weight excluding hydrogens is 721 g/mol. The first-order valence-corrected chi connectivity index (χ1v) is 19.2. The van der Waals surface area contributed by atoms with Crippen molar-refractivity contribution in [3.05, 3.63) is 90.1 Å². The zero-order chi connectivity index (χ0) is 37.9. The highest BCUT2D eigenvalue weighted by atomic mass is 32.2. The average molecular weight is 760 g/mol. The quantitative estimate of drug-likeness (QED) is 0.0909. The van der Waals surface area contributed by atoms with Crippen LogP contribution in [0.15, 0.2) is 83.9 Å². The molecule has 4 N–H and O–H groups in total. The maximum atomic E-state index is 13.5. The van der Waals surface area contributed by atoms with Crippen LogP contribution in [0, 0.1) is 0 Å². The van der Waals surface area contributed by atoms with Crippen molar-refractivity contribution in [2.24, 2.45) is 0 Å². The van der Waals surface area contributed by atoms with E-state index in [9.17, 15) is 22.0 Å². The molecule has 0 spiro atoms. The van der Waals surface area contributed by atoms with Gasteiger partial charge in [0, 0.05) is 58.2 Å². The summed E-state index contributed by atoms with van der Waals surface area (Å²) in [6, 6.07) is 20.2. The number of nitrogens with one attached hydrogen (secondary N) is 4. The molecule has 53 heavy (non-hydrogen) atoms. The summed E-state index contributed by atoms with van der Waals surface area (Å²) < 4.78 is 67.9. The second-order valence-corrected chi connectivity index (χ2v) is 16.3. The number of nitrogens with zero attached hydrogens (tertiary/aromatic N) is 2. The largest absolute Gasteiger partial charge is 0.760 e. The van der Waals surface area contributed by atoms with Crippen molar-refractivity contribution < 1.29 is 36.2 Å². The summed E-state index contributed by atoms with van der Waals surface area (Å²) in [5.41, 5.74) is 2.43. The van der Waals surface area contributed by atoms with Crippen molar-refractivity contribution in [1.82, 2.24) is 14.7 Å². The number of benzene rings is 4. The van der Waals surface area contributed by atoms with Gasteiger partial charge in [-0.3, -0.25) is 4.21 Å². The molecular formula is C37H39N6O8S2-. The number of hydrogen-bond donors (Lipinski definition) is 4. The SMILES string of the molecule is COc1cc(Nc2nccc(Oc3ccc(NC(=O)Nc4cc(C(C)(C)C)cc(CNS(=O)[O-])c4OC)c4ccccc34)n2)cc(S(=O)(=O)C2CC2)c1. The summed E-state index contributed by atoms with van der Waals surface area (Å²) in [6.45, 7) is 6.01. The number of methoxy groups -OCH3 is 2. The third-order valence-corrected chi connectivity index (χ3v) is 11.1. The molecule has 1 aromatic heterocycles. The number of rotatable bonds is 13. The van der Waals surface area contributed by atoms with Crippen LogP contribution in [0.4, 0.5) is 27.8 Å². The number of anilines is 4. The van der Waals surface area contributed by atoms with Crippen LogP contribution >= 0.6 is 0 Å². The van der Waals surface area contributed by atoms with E-state index in [-0.39, 0.29) is 33.9 Å². The molecule has 16 heteroatoms. The van der Waals surface area contributed by atoms with E-state index in [1.807, 2.05) is 51.1 Å². The van der Waals surface area contributed by atoms with Crippen molar-refractivity contribution in [3.63, 3.8) is 0 Å². The van der Waals surface area contributed by atoms with Crippen LogP contribution in [0.5, 0.6) is 23.1 Å². The predicted molar refractivity (Wildman–Crippen MR) is 203 cm³/mol. The van der Waals surface area contributed by atoms with E-state index < -0.39 is 27.1 Å². The third-order valence-electron chi connectivity index (χ3n) is 8.51. The number of urea groups is 1. The summed E-state index contributed by atoms with van der Waals surface area (Å²) >= 11 is -2.49. The highest BCUT2D eigenvalue weighted by Gasteiger charge is 2.37. The van der Waals surface area contributed by atoms with Gasteiger partial charge in [-0.15, -0.1) is 0 Å². The van der Waals surface area contributed by atoms with Crippen LogP contribution in [-0.4, -0.2) is 52.6 Å². The fourth-order valence-electron chi connectivity index (χ4n) is 5.67. The van der Waals surface area contributed by atoms with Crippen molar-refractivity contribution in [2.75, 3.05) is 30.2 Å². The molecule has 1 fully saturated rings. The lowest BCUT2D eigenvalue weighted by Crippen LogP contribution is -2.22. The van der Waals surface area contributed by atoms with Crippen molar-refractivity contribution >= 4 is 60.9 Å². The van der Waals surface area contributed by atoms with E-state index in [0.717, 1.165) is 5.56 Å². The Bertz CT molecular complexity index is 2310. The smallest absolute Gasteiger partial charge is 0.323 e. The Labute approximate surface area is 310 Å². The molecule has 6 rings (SSSR count). The number of hydrogen-bond acceptors (Lipinski definition) is 11. The molecule has 1 atom stereocenters. The molecule has 4 aromatic carbocycles. The normalized spacial score (nSPS) is 13.6. The van der Waals surface area contributed by atoms with E-state index in [1.54, 1.807) is 30.3 Å².